The molecule has 1 heterocycles. The Balaban J connectivity index is 2.25. The van der Waals surface area contributed by atoms with Gasteiger partial charge in [0, 0.05) is 20.1 Å². The zero-order valence-corrected chi connectivity index (χ0v) is 8.92. The van der Waals surface area contributed by atoms with Crippen LogP contribution in [0.2, 0.25) is 0 Å². The summed E-state index contributed by atoms with van der Waals surface area (Å²) in [7, 11) is 1.88. The molecule has 1 aliphatic heterocycles. The summed E-state index contributed by atoms with van der Waals surface area (Å²) in [4.78, 5) is 15.4. The zero-order chi connectivity index (χ0) is 9.84. The van der Waals surface area contributed by atoms with Crippen molar-refractivity contribution < 1.29 is 4.79 Å². The first-order valence-corrected chi connectivity index (χ1v) is 5.06. The smallest absolute Gasteiger partial charge is 0.236 e. The van der Waals surface area contributed by atoms with Crippen LogP contribution < -0.4 is 0 Å². The summed E-state index contributed by atoms with van der Waals surface area (Å²) in [5.74, 6) is 0.991. The fourth-order valence-corrected chi connectivity index (χ4v) is 1.44. The number of piperazine rings is 1. The normalized spacial score (nSPS) is 20.0. The maximum absolute atomic E-state index is 11.3. The van der Waals surface area contributed by atoms with E-state index in [0.717, 1.165) is 25.6 Å². The highest BCUT2D eigenvalue weighted by atomic mass is 16.2. The van der Waals surface area contributed by atoms with Crippen LogP contribution in [0, 0.1) is 5.92 Å². The van der Waals surface area contributed by atoms with Crippen molar-refractivity contribution in [2.75, 3.05) is 33.2 Å². The Bertz CT molecular complexity index is 180. The summed E-state index contributed by atoms with van der Waals surface area (Å²) < 4.78 is 0. The topological polar surface area (TPSA) is 23.6 Å². The summed E-state index contributed by atoms with van der Waals surface area (Å²) in [6, 6.07) is 0. The molecule has 13 heavy (non-hydrogen) atoms. The van der Waals surface area contributed by atoms with Crippen molar-refractivity contribution in [3.05, 3.63) is 0 Å². The van der Waals surface area contributed by atoms with E-state index in [4.69, 9.17) is 0 Å². The van der Waals surface area contributed by atoms with Gasteiger partial charge in [0.2, 0.25) is 5.91 Å². The van der Waals surface area contributed by atoms with E-state index in [-0.39, 0.29) is 5.91 Å². The van der Waals surface area contributed by atoms with Crippen molar-refractivity contribution in [2.45, 2.75) is 20.3 Å². The Kier molecular flexibility index (Phi) is 3.72. The van der Waals surface area contributed by atoms with E-state index in [2.05, 4.69) is 18.7 Å². The summed E-state index contributed by atoms with van der Waals surface area (Å²) in [5.41, 5.74) is 0. The zero-order valence-electron chi connectivity index (χ0n) is 8.92. The number of likely N-dealkylation sites (N-methyl/N-ethyl adjacent to an activating group) is 1. The van der Waals surface area contributed by atoms with Gasteiger partial charge in [-0.05, 0) is 18.9 Å². The van der Waals surface area contributed by atoms with Gasteiger partial charge < -0.3 is 4.90 Å². The van der Waals surface area contributed by atoms with Gasteiger partial charge >= 0.3 is 0 Å². The predicted octanol–water partition coefficient (Wildman–Crippen LogP) is 0.806. The lowest BCUT2D eigenvalue weighted by Gasteiger charge is -2.32. The molecule has 1 aliphatic rings. The van der Waals surface area contributed by atoms with Crippen molar-refractivity contribution in [2.24, 2.45) is 5.92 Å². The Morgan fingerprint density at radius 3 is 2.62 bits per heavy atom. The number of carbonyl (C=O) groups is 1. The highest BCUT2D eigenvalue weighted by molar-refractivity contribution is 5.78. The molecule has 0 bridgehead atoms. The second-order valence-electron chi connectivity index (χ2n) is 4.27. The monoisotopic (exact) mass is 184 g/mol. The maximum atomic E-state index is 11.3. The average molecular weight is 184 g/mol. The van der Waals surface area contributed by atoms with E-state index in [1.54, 1.807) is 0 Å². The van der Waals surface area contributed by atoms with Gasteiger partial charge in [0.1, 0.15) is 0 Å². The van der Waals surface area contributed by atoms with Crippen molar-refractivity contribution in [1.82, 2.24) is 9.80 Å². The maximum Gasteiger partial charge on any atom is 0.236 e. The minimum Gasteiger partial charge on any atom is -0.343 e. The molecule has 0 aromatic rings. The Hall–Kier alpha value is -0.570. The number of nitrogens with zero attached hydrogens (tertiary/aromatic N) is 2. The summed E-state index contributed by atoms with van der Waals surface area (Å²) >= 11 is 0. The third kappa shape index (κ3) is 3.35. The lowest BCUT2D eigenvalue weighted by molar-refractivity contribution is -0.134. The molecule has 0 saturated carbocycles. The molecule has 0 radical (unpaired) electrons. The van der Waals surface area contributed by atoms with E-state index >= 15 is 0 Å². The second kappa shape index (κ2) is 4.61. The highest BCUT2D eigenvalue weighted by Gasteiger charge is 2.20. The molecular formula is C10H20N2O. The van der Waals surface area contributed by atoms with Gasteiger partial charge in [-0.1, -0.05) is 13.8 Å². The number of carbonyl (C=O) groups excluding carboxylic acids is 1. The average Bonchev–Trinajstić information content (AvgIpc) is 2.07. The molecule has 3 nitrogen and oxygen atoms in total. The minimum atomic E-state index is 0.259. The third-order valence-corrected chi connectivity index (χ3v) is 2.56. The van der Waals surface area contributed by atoms with E-state index in [1.807, 2.05) is 11.9 Å². The first kappa shape index (κ1) is 10.5. The molecule has 0 aromatic heterocycles. The molecule has 0 atom stereocenters. The Labute approximate surface area is 80.7 Å². The lowest BCUT2D eigenvalue weighted by Crippen LogP contribution is -2.48. The van der Waals surface area contributed by atoms with Crippen LogP contribution in [0.1, 0.15) is 20.3 Å². The largest absolute Gasteiger partial charge is 0.343 e. The standard InChI is InChI=1S/C10H20N2O/c1-9(2)4-5-12-7-6-11(3)10(13)8-12/h9H,4-8H2,1-3H3. The van der Waals surface area contributed by atoms with E-state index in [1.165, 1.54) is 6.42 Å². The van der Waals surface area contributed by atoms with Gasteiger partial charge in [0.25, 0.3) is 0 Å². The molecule has 0 aliphatic carbocycles. The van der Waals surface area contributed by atoms with Gasteiger partial charge in [-0.25, -0.2) is 0 Å². The molecule has 0 aromatic carbocycles. The molecule has 76 valence electrons. The molecule has 1 amide bonds. The molecule has 1 rings (SSSR count). The lowest BCUT2D eigenvalue weighted by atomic mass is 10.1. The number of hydrogen-bond donors (Lipinski definition) is 0. The van der Waals surface area contributed by atoms with E-state index in [0.29, 0.717) is 6.54 Å². The van der Waals surface area contributed by atoms with Crippen molar-refractivity contribution in [3.8, 4) is 0 Å². The van der Waals surface area contributed by atoms with Crippen LogP contribution >= 0.6 is 0 Å². The fourth-order valence-electron chi connectivity index (χ4n) is 1.44. The fraction of sp³-hybridized carbons (Fsp3) is 0.900. The van der Waals surface area contributed by atoms with Crippen LogP contribution in [0.5, 0.6) is 0 Å². The van der Waals surface area contributed by atoms with E-state index < -0.39 is 0 Å². The van der Waals surface area contributed by atoms with E-state index in [9.17, 15) is 4.79 Å². The number of hydrogen-bond acceptors (Lipinski definition) is 2. The van der Waals surface area contributed by atoms with Crippen LogP contribution in [0.25, 0.3) is 0 Å². The molecule has 0 spiro atoms. The van der Waals surface area contributed by atoms with Crippen LogP contribution in [-0.4, -0.2) is 48.9 Å². The van der Waals surface area contributed by atoms with Gasteiger partial charge in [-0.2, -0.15) is 0 Å². The van der Waals surface area contributed by atoms with Crippen LogP contribution in [0.15, 0.2) is 0 Å². The minimum absolute atomic E-state index is 0.259. The predicted molar refractivity (Wildman–Crippen MR) is 53.5 cm³/mol. The van der Waals surface area contributed by atoms with Gasteiger partial charge in [0.05, 0.1) is 6.54 Å². The van der Waals surface area contributed by atoms with Crippen LogP contribution in [0.3, 0.4) is 0 Å². The Morgan fingerprint density at radius 2 is 2.08 bits per heavy atom. The number of amides is 1. The molecule has 0 unspecified atom stereocenters. The second-order valence-corrected chi connectivity index (χ2v) is 4.27. The third-order valence-electron chi connectivity index (χ3n) is 2.56. The highest BCUT2D eigenvalue weighted by Crippen LogP contribution is 2.05. The summed E-state index contributed by atoms with van der Waals surface area (Å²) in [6.07, 6.45) is 1.19. The SMILES string of the molecule is CC(C)CCN1CCN(C)C(=O)C1. The van der Waals surface area contributed by atoms with Crippen molar-refractivity contribution >= 4 is 5.91 Å². The summed E-state index contributed by atoms with van der Waals surface area (Å²) in [5, 5.41) is 0. The van der Waals surface area contributed by atoms with Crippen LogP contribution in [0.4, 0.5) is 0 Å². The molecule has 0 N–H and O–H groups in total. The Morgan fingerprint density at radius 1 is 1.38 bits per heavy atom. The quantitative estimate of drug-likeness (QED) is 0.648. The number of rotatable bonds is 3. The first-order valence-electron chi connectivity index (χ1n) is 5.06. The molecule has 1 saturated heterocycles. The molecule has 1 fully saturated rings. The van der Waals surface area contributed by atoms with Gasteiger partial charge in [0.15, 0.2) is 0 Å². The van der Waals surface area contributed by atoms with Crippen molar-refractivity contribution in [3.63, 3.8) is 0 Å². The van der Waals surface area contributed by atoms with Gasteiger partial charge in [-0.3, -0.25) is 9.69 Å². The van der Waals surface area contributed by atoms with Crippen LogP contribution in [-0.2, 0) is 4.79 Å². The van der Waals surface area contributed by atoms with Gasteiger partial charge in [-0.15, -0.1) is 0 Å². The van der Waals surface area contributed by atoms with Crippen molar-refractivity contribution in [1.29, 1.82) is 0 Å². The summed E-state index contributed by atoms with van der Waals surface area (Å²) in [6.45, 7) is 8.04. The molecule has 3 heteroatoms. The molecular weight excluding hydrogens is 164 g/mol. The first-order chi connectivity index (χ1) is 6.09.